The van der Waals surface area contributed by atoms with E-state index in [-0.39, 0.29) is 5.54 Å². The molecule has 0 radical (unpaired) electrons. The SMILES string of the molecule is CC1CNC(C)(C)CN1CCn1cccn1. The third-order valence-electron chi connectivity index (χ3n) is 3.27. The Morgan fingerprint density at radius 2 is 2.25 bits per heavy atom. The molecule has 0 aliphatic carbocycles. The fourth-order valence-corrected chi connectivity index (χ4v) is 2.24. The van der Waals surface area contributed by atoms with E-state index in [9.17, 15) is 0 Å². The zero-order valence-electron chi connectivity index (χ0n) is 10.5. The van der Waals surface area contributed by atoms with Gasteiger partial charge in [0, 0.05) is 43.6 Å². The Hall–Kier alpha value is -0.870. The lowest BCUT2D eigenvalue weighted by Crippen LogP contribution is -2.61. The average molecular weight is 222 g/mol. The van der Waals surface area contributed by atoms with Crippen LogP contribution in [0.4, 0.5) is 0 Å². The molecule has 1 saturated heterocycles. The zero-order valence-corrected chi connectivity index (χ0v) is 10.5. The molecule has 1 aromatic heterocycles. The van der Waals surface area contributed by atoms with E-state index in [2.05, 4.69) is 36.1 Å². The standard InChI is InChI=1S/C12H22N4/c1-11-9-13-12(2,3)10-15(11)7-8-16-6-4-5-14-16/h4-6,11,13H,7-10H2,1-3H3. The molecule has 1 aliphatic heterocycles. The van der Waals surface area contributed by atoms with Gasteiger partial charge in [-0.05, 0) is 26.8 Å². The van der Waals surface area contributed by atoms with Gasteiger partial charge in [0.25, 0.3) is 0 Å². The van der Waals surface area contributed by atoms with E-state index in [0.717, 1.165) is 26.2 Å². The molecule has 0 saturated carbocycles. The molecule has 1 fully saturated rings. The number of rotatable bonds is 3. The monoisotopic (exact) mass is 222 g/mol. The van der Waals surface area contributed by atoms with Crippen LogP contribution in [-0.4, -0.2) is 45.9 Å². The van der Waals surface area contributed by atoms with Gasteiger partial charge in [0.05, 0.1) is 6.54 Å². The second-order valence-corrected chi connectivity index (χ2v) is 5.35. The zero-order chi connectivity index (χ0) is 11.6. The van der Waals surface area contributed by atoms with E-state index < -0.39 is 0 Å². The van der Waals surface area contributed by atoms with Crippen molar-refractivity contribution in [2.24, 2.45) is 0 Å². The number of hydrogen-bond donors (Lipinski definition) is 1. The first kappa shape index (κ1) is 11.6. The molecule has 0 aromatic carbocycles. The first-order chi connectivity index (χ1) is 7.57. The molecule has 1 aromatic rings. The number of nitrogens with zero attached hydrogens (tertiary/aromatic N) is 3. The molecule has 1 atom stereocenters. The van der Waals surface area contributed by atoms with E-state index in [1.165, 1.54) is 0 Å². The summed E-state index contributed by atoms with van der Waals surface area (Å²) in [5, 5.41) is 7.80. The highest BCUT2D eigenvalue weighted by Gasteiger charge is 2.29. The minimum atomic E-state index is 0.233. The Balaban J connectivity index is 1.88. The van der Waals surface area contributed by atoms with Crippen molar-refractivity contribution in [3.8, 4) is 0 Å². The summed E-state index contributed by atoms with van der Waals surface area (Å²) in [5.74, 6) is 0. The van der Waals surface area contributed by atoms with Crippen LogP contribution < -0.4 is 5.32 Å². The van der Waals surface area contributed by atoms with Crippen LogP contribution in [0.1, 0.15) is 20.8 Å². The number of piperazine rings is 1. The third-order valence-corrected chi connectivity index (χ3v) is 3.27. The summed E-state index contributed by atoms with van der Waals surface area (Å²) in [7, 11) is 0. The smallest absolute Gasteiger partial charge is 0.0536 e. The summed E-state index contributed by atoms with van der Waals surface area (Å²) in [6.07, 6.45) is 3.86. The van der Waals surface area contributed by atoms with Crippen LogP contribution in [0.25, 0.3) is 0 Å². The normalized spacial score (nSPS) is 25.8. The maximum absolute atomic E-state index is 4.24. The number of nitrogens with one attached hydrogen (secondary N) is 1. The van der Waals surface area contributed by atoms with Crippen molar-refractivity contribution in [3.63, 3.8) is 0 Å². The molecule has 1 unspecified atom stereocenters. The van der Waals surface area contributed by atoms with Gasteiger partial charge in [-0.15, -0.1) is 0 Å². The Bertz CT molecular complexity index is 318. The van der Waals surface area contributed by atoms with E-state index in [4.69, 9.17) is 0 Å². The van der Waals surface area contributed by atoms with Crippen LogP contribution in [0.15, 0.2) is 18.5 Å². The molecule has 0 spiro atoms. The highest BCUT2D eigenvalue weighted by atomic mass is 15.3. The minimum absolute atomic E-state index is 0.233. The molecule has 2 heterocycles. The first-order valence-electron chi connectivity index (χ1n) is 6.03. The summed E-state index contributed by atoms with van der Waals surface area (Å²) >= 11 is 0. The van der Waals surface area contributed by atoms with Gasteiger partial charge in [0.15, 0.2) is 0 Å². The van der Waals surface area contributed by atoms with Crippen LogP contribution in [0, 0.1) is 0 Å². The van der Waals surface area contributed by atoms with Crippen molar-refractivity contribution >= 4 is 0 Å². The van der Waals surface area contributed by atoms with Crippen molar-refractivity contribution in [3.05, 3.63) is 18.5 Å². The molecule has 1 aliphatic rings. The van der Waals surface area contributed by atoms with Gasteiger partial charge in [0.2, 0.25) is 0 Å². The minimum Gasteiger partial charge on any atom is -0.309 e. The van der Waals surface area contributed by atoms with Gasteiger partial charge < -0.3 is 5.32 Å². The molecule has 4 nitrogen and oxygen atoms in total. The Morgan fingerprint density at radius 3 is 2.94 bits per heavy atom. The topological polar surface area (TPSA) is 33.1 Å². The predicted molar refractivity (Wildman–Crippen MR) is 65.3 cm³/mol. The van der Waals surface area contributed by atoms with Crippen LogP contribution >= 0.6 is 0 Å². The Morgan fingerprint density at radius 1 is 1.44 bits per heavy atom. The van der Waals surface area contributed by atoms with Gasteiger partial charge >= 0.3 is 0 Å². The molecule has 0 bridgehead atoms. The summed E-state index contributed by atoms with van der Waals surface area (Å²) in [5.41, 5.74) is 0.233. The lowest BCUT2D eigenvalue weighted by Gasteiger charge is -2.43. The predicted octanol–water partition coefficient (Wildman–Crippen LogP) is 0.955. The molecule has 4 heteroatoms. The van der Waals surface area contributed by atoms with E-state index >= 15 is 0 Å². The summed E-state index contributed by atoms with van der Waals surface area (Å²) in [6, 6.07) is 2.59. The second kappa shape index (κ2) is 4.55. The van der Waals surface area contributed by atoms with Crippen LogP contribution in [0.2, 0.25) is 0 Å². The second-order valence-electron chi connectivity index (χ2n) is 5.35. The van der Waals surface area contributed by atoms with Crippen LogP contribution in [0.5, 0.6) is 0 Å². The summed E-state index contributed by atoms with van der Waals surface area (Å²) < 4.78 is 2.00. The van der Waals surface area contributed by atoms with Crippen molar-refractivity contribution in [2.75, 3.05) is 19.6 Å². The average Bonchev–Trinajstić information content (AvgIpc) is 2.72. The Labute approximate surface area is 97.6 Å². The lowest BCUT2D eigenvalue weighted by molar-refractivity contribution is 0.0998. The highest BCUT2D eigenvalue weighted by molar-refractivity contribution is 4.90. The molecular formula is C12H22N4. The fraction of sp³-hybridized carbons (Fsp3) is 0.750. The largest absolute Gasteiger partial charge is 0.309 e. The van der Waals surface area contributed by atoms with Crippen molar-refractivity contribution in [1.82, 2.24) is 20.0 Å². The molecule has 16 heavy (non-hydrogen) atoms. The quantitative estimate of drug-likeness (QED) is 0.827. The van der Waals surface area contributed by atoms with Gasteiger partial charge in [-0.3, -0.25) is 9.58 Å². The number of hydrogen-bond acceptors (Lipinski definition) is 3. The molecule has 1 N–H and O–H groups in total. The van der Waals surface area contributed by atoms with Crippen molar-refractivity contribution in [1.29, 1.82) is 0 Å². The highest BCUT2D eigenvalue weighted by Crippen LogP contribution is 2.14. The molecule has 2 rings (SSSR count). The first-order valence-corrected chi connectivity index (χ1v) is 6.03. The molecule has 0 amide bonds. The van der Waals surface area contributed by atoms with Crippen molar-refractivity contribution < 1.29 is 0 Å². The van der Waals surface area contributed by atoms with Gasteiger partial charge in [-0.2, -0.15) is 5.10 Å². The van der Waals surface area contributed by atoms with Crippen molar-refractivity contribution in [2.45, 2.75) is 38.9 Å². The van der Waals surface area contributed by atoms with Crippen LogP contribution in [0.3, 0.4) is 0 Å². The lowest BCUT2D eigenvalue weighted by atomic mass is 9.99. The van der Waals surface area contributed by atoms with Gasteiger partial charge in [-0.25, -0.2) is 0 Å². The molecule has 90 valence electrons. The molecular weight excluding hydrogens is 200 g/mol. The maximum Gasteiger partial charge on any atom is 0.0536 e. The Kier molecular flexibility index (Phi) is 3.30. The van der Waals surface area contributed by atoms with Gasteiger partial charge in [-0.1, -0.05) is 0 Å². The van der Waals surface area contributed by atoms with E-state index in [0.29, 0.717) is 6.04 Å². The summed E-state index contributed by atoms with van der Waals surface area (Å²) in [6.45, 7) is 11.0. The number of aromatic nitrogens is 2. The van der Waals surface area contributed by atoms with E-state index in [1.54, 1.807) is 0 Å². The fourth-order valence-electron chi connectivity index (χ4n) is 2.24. The van der Waals surface area contributed by atoms with E-state index in [1.807, 2.05) is 23.1 Å². The summed E-state index contributed by atoms with van der Waals surface area (Å²) in [4.78, 5) is 2.54. The maximum atomic E-state index is 4.24. The third kappa shape index (κ3) is 2.83. The van der Waals surface area contributed by atoms with Gasteiger partial charge in [0.1, 0.15) is 0 Å². The van der Waals surface area contributed by atoms with Crippen LogP contribution in [-0.2, 0) is 6.54 Å².